The van der Waals surface area contributed by atoms with Crippen LogP contribution in [0.15, 0.2) is 66.4 Å². The predicted octanol–water partition coefficient (Wildman–Crippen LogP) is 3.97. The fourth-order valence-corrected chi connectivity index (χ4v) is 3.37. The molecule has 1 atom stereocenters. The molecule has 3 aromatic rings. The van der Waals surface area contributed by atoms with Gasteiger partial charge in [0.1, 0.15) is 11.5 Å². The Hall–Kier alpha value is -4.35. The molecule has 2 aromatic heterocycles. The van der Waals surface area contributed by atoms with Crippen LogP contribution in [-0.4, -0.2) is 31.5 Å². The van der Waals surface area contributed by atoms with Crippen molar-refractivity contribution in [1.29, 1.82) is 0 Å². The highest BCUT2D eigenvalue weighted by atomic mass is 19.4. The second-order valence-electron chi connectivity index (χ2n) is 7.90. The molecule has 0 spiro atoms. The molecule has 1 aliphatic heterocycles. The lowest BCUT2D eigenvalue weighted by Crippen LogP contribution is -2.18. The van der Waals surface area contributed by atoms with E-state index in [0.29, 0.717) is 12.1 Å². The van der Waals surface area contributed by atoms with Crippen LogP contribution < -0.4 is 16.0 Å². The maximum absolute atomic E-state index is 12.7. The van der Waals surface area contributed by atoms with Crippen molar-refractivity contribution < 1.29 is 18.0 Å². The van der Waals surface area contributed by atoms with Gasteiger partial charge in [0.2, 0.25) is 5.82 Å². The Balaban J connectivity index is 1.27. The second kappa shape index (κ2) is 9.87. The van der Waals surface area contributed by atoms with Crippen LogP contribution in [-0.2, 0) is 13.2 Å². The number of anilines is 1. The van der Waals surface area contributed by atoms with Crippen molar-refractivity contribution >= 4 is 23.0 Å². The highest BCUT2D eigenvalue weighted by Gasteiger charge is 2.35. The Bertz CT molecular complexity index is 1300. The number of aryl methyl sites for hydroxylation is 1. The second-order valence-corrected chi connectivity index (χ2v) is 7.90. The van der Waals surface area contributed by atoms with E-state index >= 15 is 0 Å². The number of benzene rings is 1. The van der Waals surface area contributed by atoms with E-state index in [4.69, 9.17) is 0 Å². The van der Waals surface area contributed by atoms with E-state index in [1.807, 2.05) is 37.4 Å². The van der Waals surface area contributed by atoms with E-state index in [-0.39, 0.29) is 11.7 Å². The number of carbonyl (C=O) groups excluding carboxylic acids is 1. The van der Waals surface area contributed by atoms with Gasteiger partial charge in [-0.3, -0.25) is 9.48 Å². The summed E-state index contributed by atoms with van der Waals surface area (Å²) in [6.07, 6.45) is 5.94. The smallest absolute Gasteiger partial charge is 0.383 e. The number of rotatable bonds is 7. The zero-order valence-electron chi connectivity index (χ0n) is 18.9. The standard InChI is InChI=1S/C23H23F3N8O/c1-14(27-6-7-28-20-9-16(10-29-20)17-11-31-34(2)13-17)15-4-3-5-18(8-15)32-21(35)19-12-30-22(33-19)23(24,25)26/h3-8,10-14,27H,9H2,1-2H3,(H,28,29)(H,30,33)(H,32,35). The number of imidazole rings is 1. The molecule has 35 heavy (non-hydrogen) atoms. The predicted molar refractivity (Wildman–Crippen MR) is 125 cm³/mol. The van der Waals surface area contributed by atoms with Crippen LogP contribution in [0.3, 0.4) is 0 Å². The molecule has 1 aliphatic rings. The van der Waals surface area contributed by atoms with Gasteiger partial charge in [-0.25, -0.2) is 9.98 Å². The lowest BCUT2D eigenvalue weighted by atomic mass is 10.1. The first-order chi connectivity index (χ1) is 16.7. The number of halogens is 3. The van der Waals surface area contributed by atoms with Gasteiger partial charge >= 0.3 is 6.18 Å². The summed E-state index contributed by atoms with van der Waals surface area (Å²) >= 11 is 0. The Morgan fingerprint density at radius 3 is 2.80 bits per heavy atom. The summed E-state index contributed by atoms with van der Waals surface area (Å²) in [6, 6.07) is 6.90. The van der Waals surface area contributed by atoms with Crippen molar-refractivity contribution in [2.45, 2.75) is 25.6 Å². The number of amidine groups is 1. The van der Waals surface area contributed by atoms with Crippen LogP contribution in [0.5, 0.6) is 0 Å². The summed E-state index contributed by atoms with van der Waals surface area (Å²) in [6.45, 7) is 1.94. The molecule has 12 heteroatoms. The van der Waals surface area contributed by atoms with E-state index in [9.17, 15) is 18.0 Å². The fourth-order valence-electron chi connectivity index (χ4n) is 3.37. The summed E-state index contributed by atoms with van der Waals surface area (Å²) in [4.78, 5) is 21.8. The lowest BCUT2D eigenvalue weighted by molar-refractivity contribution is -0.144. The van der Waals surface area contributed by atoms with Crippen molar-refractivity contribution in [2.24, 2.45) is 12.0 Å². The van der Waals surface area contributed by atoms with Gasteiger partial charge in [-0.05, 0) is 30.2 Å². The third kappa shape index (κ3) is 5.96. The Morgan fingerprint density at radius 1 is 1.26 bits per heavy atom. The van der Waals surface area contributed by atoms with Crippen LogP contribution in [0.25, 0.3) is 5.57 Å². The van der Waals surface area contributed by atoms with Crippen molar-refractivity contribution in [3.05, 3.63) is 84.1 Å². The maximum Gasteiger partial charge on any atom is 0.449 e. The third-order valence-electron chi connectivity index (χ3n) is 5.22. The lowest BCUT2D eigenvalue weighted by Gasteiger charge is -2.14. The first-order valence-corrected chi connectivity index (χ1v) is 10.6. The van der Waals surface area contributed by atoms with Gasteiger partial charge in [0.05, 0.1) is 12.4 Å². The number of hydrogen-bond acceptors (Lipinski definition) is 6. The summed E-state index contributed by atoms with van der Waals surface area (Å²) in [5.74, 6) is -1.12. The average molecular weight is 484 g/mol. The van der Waals surface area contributed by atoms with Gasteiger partial charge < -0.3 is 20.9 Å². The van der Waals surface area contributed by atoms with Crippen molar-refractivity contribution in [3.8, 4) is 0 Å². The van der Waals surface area contributed by atoms with Crippen LogP contribution >= 0.6 is 0 Å². The van der Waals surface area contributed by atoms with Gasteiger partial charge in [0, 0.05) is 55.6 Å². The number of hydrogen-bond donors (Lipinski definition) is 4. The van der Waals surface area contributed by atoms with E-state index in [1.54, 1.807) is 41.5 Å². The van der Waals surface area contributed by atoms with Crippen LogP contribution in [0.2, 0.25) is 0 Å². The number of aromatic nitrogens is 4. The van der Waals surface area contributed by atoms with Gasteiger partial charge in [-0.15, -0.1) is 0 Å². The van der Waals surface area contributed by atoms with Gasteiger partial charge in [0.15, 0.2) is 0 Å². The Kier molecular flexibility index (Phi) is 6.71. The molecule has 9 nitrogen and oxygen atoms in total. The number of H-pyrrole nitrogens is 1. The van der Waals surface area contributed by atoms with Crippen LogP contribution in [0, 0.1) is 0 Å². The topological polar surface area (TPSA) is 112 Å². The van der Waals surface area contributed by atoms with E-state index in [2.05, 4.69) is 31.0 Å². The molecule has 0 saturated carbocycles. The molecule has 0 saturated heterocycles. The zero-order chi connectivity index (χ0) is 25.0. The summed E-state index contributed by atoms with van der Waals surface area (Å²) < 4.78 is 39.8. The summed E-state index contributed by atoms with van der Waals surface area (Å²) in [5.41, 5.74) is 3.15. The van der Waals surface area contributed by atoms with E-state index in [1.165, 1.54) is 0 Å². The molecule has 1 aromatic carbocycles. The fraction of sp³-hybridized carbons (Fsp3) is 0.217. The molecule has 0 radical (unpaired) electrons. The average Bonchev–Trinajstić information content (AvgIpc) is 3.57. The number of nitrogens with zero attached hydrogens (tertiary/aromatic N) is 4. The minimum Gasteiger partial charge on any atom is -0.383 e. The van der Waals surface area contributed by atoms with E-state index < -0.39 is 17.9 Å². The first kappa shape index (κ1) is 23.8. The van der Waals surface area contributed by atoms with Crippen molar-refractivity contribution in [1.82, 2.24) is 30.4 Å². The highest BCUT2D eigenvalue weighted by Crippen LogP contribution is 2.26. The summed E-state index contributed by atoms with van der Waals surface area (Å²) in [5, 5.41) is 13.1. The van der Waals surface area contributed by atoms with Crippen LogP contribution in [0.1, 0.15) is 46.8 Å². The molecule has 1 amide bonds. The number of aliphatic imine (C=N–C) groups is 1. The number of nitrogens with one attached hydrogen (secondary N) is 4. The van der Waals surface area contributed by atoms with Crippen molar-refractivity contribution in [2.75, 3.05) is 5.32 Å². The van der Waals surface area contributed by atoms with Gasteiger partial charge in [-0.2, -0.15) is 18.3 Å². The molecule has 1 unspecified atom stereocenters. The quantitative estimate of drug-likeness (QED) is 0.406. The minimum absolute atomic E-state index is 0.108. The molecule has 0 aliphatic carbocycles. The number of carbonyl (C=O) groups is 1. The number of aromatic amines is 1. The molecule has 4 rings (SSSR count). The molecule has 4 N–H and O–H groups in total. The largest absolute Gasteiger partial charge is 0.449 e. The maximum atomic E-state index is 12.7. The zero-order valence-corrected chi connectivity index (χ0v) is 18.9. The molecule has 182 valence electrons. The first-order valence-electron chi connectivity index (χ1n) is 10.6. The minimum atomic E-state index is -4.65. The Labute approximate surface area is 198 Å². The molecule has 0 bridgehead atoms. The number of alkyl halides is 3. The molecular formula is C23H23F3N8O. The third-order valence-corrected chi connectivity index (χ3v) is 5.22. The van der Waals surface area contributed by atoms with E-state index in [0.717, 1.165) is 28.7 Å². The monoisotopic (exact) mass is 484 g/mol. The highest BCUT2D eigenvalue weighted by molar-refractivity contribution is 6.02. The molecule has 0 fully saturated rings. The van der Waals surface area contributed by atoms with Crippen LogP contribution in [0.4, 0.5) is 18.9 Å². The SMILES string of the molecule is CC(NC=CNC1=NC=C(c2cnn(C)c2)C1)c1cccc(NC(=O)c2cnc(C(F)(F)F)[nH]2)c1. The Morgan fingerprint density at radius 2 is 2.09 bits per heavy atom. The normalized spacial score (nSPS) is 14.5. The van der Waals surface area contributed by atoms with Gasteiger partial charge in [-0.1, -0.05) is 12.1 Å². The molecule has 3 heterocycles. The molecular weight excluding hydrogens is 461 g/mol. The van der Waals surface area contributed by atoms with Gasteiger partial charge in [0.25, 0.3) is 5.91 Å². The number of amides is 1. The summed E-state index contributed by atoms with van der Waals surface area (Å²) in [7, 11) is 1.87. The van der Waals surface area contributed by atoms with Crippen molar-refractivity contribution in [3.63, 3.8) is 0 Å².